The Morgan fingerprint density at radius 1 is 1.15 bits per heavy atom. The molecule has 34 heavy (non-hydrogen) atoms. The molecule has 0 bridgehead atoms. The third-order valence-electron chi connectivity index (χ3n) is 5.60. The van der Waals surface area contributed by atoms with Crippen molar-refractivity contribution in [3.8, 4) is 17.0 Å². The van der Waals surface area contributed by atoms with Gasteiger partial charge in [0.2, 0.25) is 0 Å². The molecule has 0 saturated heterocycles. The van der Waals surface area contributed by atoms with Gasteiger partial charge in [-0.3, -0.25) is 19.1 Å². The van der Waals surface area contributed by atoms with E-state index in [1.807, 2.05) is 0 Å². The van der Waals surface area contributed by atoms with Crippen LogP contribution in [-0.4, -0.2) is 36.3 Å². The van der Waals surface area contributed by atoms with E-state index >= 15 is 0 Å². The third-order valence-corrected chi connectivity index (χ3v) is 5.60. The fourth-order valence-electron chi connectivity index (χ4n) is 3.85. The summed E-state index contributed by atoms with van der Waals surface area (Å²) in [5.74, 6) is -4.58. The lowest BCUT2D eigenvalue weighted by Crippen LogP contribution is -2.44. The number of carbonyl (C=O) groups is 1. The van der Waals surface area contributed by atoms with Crippen molar-refractivity contribution in [2.24, 2.45) is 0 Å². The summed E-state index contributed by atoms with van der Waals surface area (Å²) in [6.45, 7) is 4.20. The van der Waals surface area contributed by atoms with Crippen molar-refractivity contribution in [2.45, 2.75) is 39.3 Å². The lowest BCUT2D eigenvalue weighted by Gasteiger charge is -2.33. The van der Waals surface area contributed by atoms with E-state index in [0.29, 0.717) is 34.0 Å². The molecule has 3 aromatic heterocycles. The first kappa shape index (κ1) is 21.8. The van der Waals surface area contributed by atoms with E-state index in [2.05, 4.69) is 19.9 Å². The Bertz CT molecular complexity index is 1410. The van der Waals surface area contributed by atoms with Crippen molar-refractivity contribution in [1.29, 1.82) is 0 Å². The number of fused-ring (bicyclic) bond motifs is 2. The van der Waals surface area contributed by atoms with Crippen LogP contribution in [0, 0.1) is 12.7 Å². The van der Waals surface area contributed by atoms with E-state index in [1.54, 1.807) is 30.5 Å². The quantitative estimate of drug-likeness (QED) is 0.449. The van der Waals surface area contributed by atoms with E-state index in [0.717, 1.165) is 6.92 Å². The molecule has 1 atom stereocenters. The smallest absolute Gasteiger partial charge is 0.303 e. The van der Waals surface area contributed by atoms with Crippen molar-refractivity contribution >= 4 is 17.2 Å². The van der Waals surface area contributed by atoms with Gasteiger partial charge in [-0.15, -0.1) is 0 Å². The van der Waals surface area contributed by atoms with Gasteiger partial charge in [0.15, 0.2) is 29.1 Å². The maximum Gasteiger partial charge on any atom is 0.303 e. The maximum atomic E-state index is 14.4. The summed E-state index contributed by atoms with van der Waals surface area (Å²) in [5.41, 5.74) is 3.06. The lowest BCUT2D eigenvalue weighted by atomic mass is 10.1. The summed E-state index contributed by atoms with van der Waals surface area (Å²) in [5, 5.41) is 0. The highest BCUT2D eigenvalue weighted by molar-refractivity contribution is 5.99. The van der Waals surface area contributed by atoms with E-state index < -0.39 is 23.7 Å². The van der Waals surface area contributed by atoms with Crippen LogP contribution in [0.5, 0.6) is 5.75 Å². The van der Waals surface area contributed by atoms with Crippen LogP contribution in [0.15, 0.2) is 43.0 Å². The molecule has 1 aliphatic heterocycles. The van der Waals surface area contributed by atoms with Gasteiger partial charge in [-0.2, -0.15) is 8.78 Å². The number of hydrogen-bond donors (Lipinski definition) is 0. The number of halogens is 3. The zero-order valence-corrected chi connectivity index (χ0v) is 18.5. The maximum absolute atomic E-state index is 14.4. The molecule has 1 amide bonds. The summed E-state index contributed by atoms with van der Waals surface area (Å²) in [4.78, 5) is 30.7. The fourth-order valence-corrected chi connectivity index (χ4v) is 3.85. The van der Waals surface area contributed by atoms with Crippen molar-refractivity contribution in [3.63, 3.8) is 0 Å². The largest absolute Gasteiger partial charge is 0.476 e. The molecule has 0 N–H and O–H groups in total. The molecule has 0 saturated carbocycles. The average Bonchev–Trinajstić information content (AvgIpc) is 3.11. The summed E-state index contributed by atoms with van der Waals surface area (Å²) < 4.78 is 48.5. The van der Waals surface area contributed by atoms with Gasteiger partial charge in [0.25, 0.3) is 5.91 Å². The molecule has 0 unspecified atom stereocenters. The molecule has 8 nitrogen and oxygen atoms in total. The van der Waals surface area contributed by atoms with E-state index in [-0.39, 0.29) is 18.2 Å². The van der Waals surface area contributed by atoms with E-state index in [9.17, 15) is 18.0 Å². The second kappa shape index (κ2) is 7.79. The molecular formula is C23H19F3N6O2. The van der Waals surface area contributed by atoms with Crippen LogP contribution in [0.4, 0.5) is 18.9 Å². The van der Waals surface area contributed by atoms with Crippen molar-refractivity contribution in [1.82, 2.24) is 24.3 Å². The van der Waals surface area contributed by atoms with Gasteiger partial charge in [0, 0.05) is 31.1 Å². The third kappa shape index (κ3) is 3.62. The van der Waals surface area contributed by atoms with Crippen LogP contribution in [0.3, 0.4) is 0 Å². The van der Waals surface area contributed by atoms with Crippen molar-refractivity contribution in [3.05, 3.63) is 66.0 Å². The summed E-state index contributed by atoms with van der Waals surface area (Å²) in [6.07, 6.45) is 4.92. The molecule has 0 spiro atoms. The first-order valence-electron chi connectivity index (χ1n) is 10.4. The minimum absolute atomic E-state index is 0.0217. The minimum Gasteiger partial charge on any atom is -0.476 e. The van der Waals surface area contributed by atoms with Crippen LogP contribution < -0.4 is 9.64 Å². The number of alkyl halides is 2. The number of rotatable bonds is 4. The average molecular weight is 468 g/mol. The Morgan fingerprint density at radius 2 is 1.88 bits per heavy atom. The number of aryl methyl sites for hydroxylation is 1. The predicted molar refractivity (Wildman–Crippen MR) is 116 cm³/mol. The first-order chi connectivity index (χ1) is 16.1. The summed E-state index contributed by atoms with van der Waals surface area (Å²) in [6, 6.07) is 4.41. The molecule has 0 fully saturated rings. The van der Waals surface area contributed by atoms with Gasteiger partial charge in [-0.05, 0) is 26.0 Å². The number of amides is 1. The fraction of sp³-hybridized carbons (Fsp3) is 0.261. The predicted octanol–water partition coefficient (Wildman–Crippen LogP) is 4.06. The number of carbonyl (C=O) groups excluding carboxylic acids is 1. The Balaban J connectivity index is 1.56. The zero-order valence-electron chi connectivity index (χ0n) is 18.5. The summed E-state index contributed by atoms with van der Waals surface area (Å²) >= 11 is 0. The topological polar surface area (TPSA) is 85.5 Å². The number of ether oxygens (including phenoxy) is 1. The summed E-state index contributed by atoms with van der Waals surface area (Å²) in [7, 11) is 0. The van der Waals surface area contributed by atoms with E-state index in [1.165, 1.54) is 35.6 Å². The standard InChI is InChI=1S/C23H19F3N6O2/c1-12-18(11-32-17-6-4-5-15(24)20(17)34-13(2)21(32)33)31-10-16(27-9-19(31)30-12)14-7-28-22(29-8-14)23(3,25)26/h4-10,13H,11H2,1-3H3/t13-/m1/s1. The second-order valence-corrected chi connectivity index (χ2v) is 8.10. The van der Waals surface area contributed by atoms with E-state index in [4.69, 9.17) is 4.74 Å². The Morgan fingerprint density at radius 3 is 2.59 bits per heavy atom. The number of nitrogens with zero attached hydrogens (tertiary/aromatic N) is 6. The van der Waals surface area contributed by atoms with Crippen LogP contribution in [0.25, 0.3) is 16.9 Å². The van der Waals surface area contributed by atoms with Gasteiger partial charge < -0.3 is 4.74 Å². The molecular weight excluding hydrogens is 449 g/mol. The number of para-hydroxylation sites is 1. The van der Waals surface area contributed by atoms with Gasteiger partial charge in [-0.25, -0.2) is 19.3 Å². The molecule has 5 rings (SSSR count). The number of anilines is 1. The lowest BCUT2D eigenvalue weighted by molar-refractivity contribution is -0.125. The molecule has 174 valence electrons. The number of imidazole rings is 1. The number of hydrogen-bond acceptors (Lipinski definition) is 6. The van der Waals surface area contributed by atoms with Gasteiger partial charge in [0.05, 0.1) is 35.5 Å². The highest BCUT2D eigenvalue weighted by atomic mass is 19.3. The van der Waals surface area contributed by atoms with Gasteiger partial charge >= 0.3 is 5.92 Å². The molecule has 1 aliphatic rings. The number of aromatic nitrogens is 5. The molecule has 0 radical (unpaired) electrons. The first-order valence-corrected chi connectivity index (χ1v) is 10.4. The van der Waals surface area contributed by atoms with Crippen LogP contribution in [0.2, 0.25) is 0 Å². The SMILES string of the molecule is Cc1nc2cnc(-c3cnc(C(C)(F)F)nc3)cn2c1CN1C(=O)[C@@H](C)Oc2c(F)cccc21. The normalized spacial score (nSPS) is 16.0. The molecule has 1 aromatic carbocycles. The second-order valence-electron chi connectivity index (χ2n) is 8.10. The minimum atomic E-state index is -3.15. The van der Waals surface area contributed by atoms with Crippen molar-refractivity contribution < 1.29 is 22.7 Å². The Kier molecular flexibility index (Phi) is 4.99. The highest BCUT2D eigenvalue weighted by Gasteiger charge is 2.34. The van der Waals surface area contributed by atoms with Crippen LogP contribution in [0.1, 0.15) is 31.1 Å². The van der Waals surface area contributed by atoms with Gasteiger partial charge in [-0.1, -0.05) is 6.07 Å². The Hall–Kier alpha value is -4.02. The monoisotopic (exact) mass is 468 g/mol. The van der Waals surface area contributed by atoms with Crippen LogP contribution in [-0.2, 0) is 17.3 Å². The highest BCUT2D eigenvalue weighted by Crippen LogP contribution is 2.37. The molecule has 4 aromatic rings. The van der Waals surface area contributed by atoms with Gasteiger partial charge in [0.1, 0.15) is 0 Å². The number of benzene rings is 1. The zero-order chi connectivity index (χ0) is 24.2. The molecule has 11 heteroatoms. The van der Waals surface area contributed by atoms with Crippen LogP contribution >= 0.6 is 0 Å². The Labute approximate surface area is 192 Å². The van der Waals surface area contributed by atoms with Crippen molar-refractivity contribution in [2.75, 3.05) is 4.90 Å². The molecule has 4 heterocycles. The molecule has 0 aliphatic carbocycles.